The van der Waals surface area contributed by atoms with Crippen LogP contribution in [-0.2, 0) is 24.9 Å². The van der Waals surface area contributed by atoms with E-state index >= 15 is 0 Å². The smallest absolute Gasteiger partial charge is 0.356 e. The Morgan fingerprint density at radius 1 is 0.923 bits per heavy atom. The first-order chi connectivity index (χ1) is 19.0. The quantitative estimate of drug-likeness (QED) is 0.0657. The van der Waals surface area contributed by atoms with Gasteiger partial charge in [-0.25, -0.2) is 9.78 Å². The molecule has 2 unspecified atom stereocenters. The van der Waals surface area contributed by atoms with Crippen LogP contribution >= 0.6 is 29.2 Å². The van der Waals surface area contributed by atoms with Crippen LogP contribution in [0.3, 0.4) is 0 Å². The van der Waals surface area contributed by atoms with Gasteiger partial charge in [0, 0.05) is 11.5 Å². The summed E-state index contributed by atoms with van der Waals surface area (Å²) in [6.07, 6.45) is 22.5. The van der Waals surface area contributed by atoms with E-state index in [4.69, 9.17) is 13.8 Å². The Hall–Kier alpha value is -0.380. The van der Waals surface area contributed by atoms with Gasteiger partial charge >= 0.3 is 13.3 Å². The topological polar surface area (TPSA) is 92.5 Å². The summed E-state index contributed by atoms with van der Waals surface area (Å²) in [6, 6.07) is 0. The minimum absolute atomic E-state index is 0.0943. The van der Waals surface area contributed by atoms with Crippen LogP contribution in [0.5, 0.6) is 0 Å². The maximum Gasteiger partial charge on any atom is 0.356 e. The Kier molecular flexibility index (Phi) is 19.9. The molecule has 1 aliphatic heterocycles. The predicted molar refractivity (Wildman–Crippen MR) is 165 cm³/mol. The van der Waals surface area contributed by atoms with Gasteiger partial charge in [0.15, 0.2) is 0 Å². The number of aryl methyl sites for hydroxylation is 1. The summed E-state index contributed by atoms with van der Waals surface area (Å²) in [7, 11) is 0.671. The fraction of sp³-hybridized carbons (Fsp3) is 0.893. The minimum atomic E-state index is -3.22. The largest absolute Gasteiger partial charge is 0.361 e. The van der Waals surface area contributed by atoms with E-state index in [1.165, 1.54) is 107 Å². The van der Waals surface area contributed by atoms with E-state index in [0.717, 1.165) is 18.6 Å². The standard InChI is InChI=1S/C28H52N3O5PS2/c1-3-4-5-6-7-8-9-10-11-12-13-14-15-17-20-38-39-21-18-16-19-35-37(33)25-34-27(23-36-37)22-31-24-29-26(2)30-28(31)32/h24,27H,3-23,25H2,1-2H3. The zero-order chi connectivity index (χ0) is 28.0. The second kappa shape index (κ2) is 22.2. The zero-order valence-electron chi connectivity index (χ0n) is 24.4. The lowest BCUT2D eigenvalue weighted by Crippen LogP contribution is -2.35. The summed E-state index contributed by atoms with van der Waals surface area (Å²) in [6.45, 7) is 4.72. The van der Waals surface area contributed by atoms with Gasteiger partial charge in [-0.3, -0.25) is 9.13 Å². The highest BCUT2D eigenvalue weighted by molar-refractivity contribution is 8.76. The Labute approximate surface area is 244 Å². The van der Waals surface area contributed by atoms with Crippen molar-refractivity contribution in [3.8, 4) is 0 Å². The number of hydrogen-bond acceptors (Lipinski definition) is 9. The molecule has 39 heavy (non-hydrogen) atoms. The first-order valence-electron chi connectivity index (χ1n) is 15.2. The number of ether oxygens (including phenoxy) is 1. The van der Waals surface area contributed by atoms with Gasteiger partial charge in [-0.2, -0.15) is 4.98 Å². The van der Waals surface area contributed by atoms with E-state index in [1.807, 2.05) is 21.6 Å². The molecule has 0 aliphatic carbocycles. The summed E-state index contributed by atoms with van der Waals surface area (Å²) in [5, 5.41) is 0. The van der Waals surface area contributed by atoms with Gasteiger partial charge < -0.3 is 13.8 Å². The molecule has 226 valence electrons. The van der Waals surface area contributed by atoms with E-state index in [1.54, 1.807) is 6.92 Å². The van der Waals surface area contributed by atoms with Crippen molar-refractivity contribution in [2.75, 3.05) is 31.1 Å². The third-order valence-corrected chi connectivity index (χ3v) is 10.9. The third kappa shape index (κ3) is 17.2. The van der Waals surface area contributed by atoms with Crippen molar-refractivity contribution in [2.45, 2.75) is 129 Å². The Balaban J connectivity index is 1.32. The molecular formula is C28H52N3O5PS2. The molecule has 1 fully saturated rings. The van der Waals surface area contributed by atoms with Crippen molar-refractivity contribution in [3.05, 3.63) is 22.6 Å². The van der Waals surface area contributed by atoms with Crippen molar-refractivity contribution in [1.29, 1.82) is 0 Å². The highest BCUT2D eigenvalue weighted by Gasteiger charge is 2.33. The lowest BCUT2D eigenvalue weighted by Gasteiger charge is -2.29. The maximum atomic E-state index is 12.7. The fourth-order valence-electron chi connectivity index (χ4n) is 4.38. The van der Waals surface area contributed by atoms with E-state index < -0.39 is 7.60 Å². The maximum absolute atomic E-state index is 12.7. The molecule has 2 rings (SSSR count). The molecular weight excluding hydrogens is 553 g/mol. The second-order valence-corrected chi connectivity index (χ2v) is 15.1. The molecule has 1 saturated heterocycles. The fourth-order valence-corrected chi connectivity index (χ4v) is 8.09. The van der Waals surface area contributed by atoms with Crippen molar-refractivity contribution >= 4 is 29.2 Å². The monoisotopic (exact) mass is 605 g/mol. The zero-order valence-corrected chi connectivity index (χ0v) is 26.9. The normalized spacial score (nSPS) is 19.5. The van der Waals surface area contributed by atoms with E-state index in [2.05, 4.69) is 16.9 Å². The minimum Gasteiger partial charge on any atom is -0.361 e. The number of rotatable bonds is 24. The SMILES string of the molecule is CCCCCCCCCCCCCCCCSSCCCCOP1(=O)COC(Cn2cnc(C)nc2=O)CO1. The lowest BCUT2D eigenvalue weighted by atomic mass is 10.0. The molecule has 0 saturated carbocycles. The molecule has 2 heterocycles. The van der Waals surface area contributed by atoms with Crippen molar-refractivity contribution < 1.29 is 18.3 Å². The molecule has 2 atom stereocenters. The number of hydrogen-bond donors (Lipinski definition) is 0. The molecule has 0 bridgehead atoms. The van der Waals surface area contributed by atoms with Gasteiger partial charge in [0.05, 0.1) is 19.8 Å². The first kappa shape index (κ1) is 34.8. The van der Waals surface area contributed by atoms with Crippen molar-refractivity contribution in [2.24, 2.45) is 0 Å². The van der Waals surface area contributed by atoms with Crippen LogP contribution < -0.4 is 5.69 Å². The average Bonchev–Trinajstić information content (AvgIpc) is 2.92. The van der Waals surface area contributed by atoms with Crippen LogP contribution in [0, 0.1) is 6.92 Å². The van der Waals surface area contributed by atoms with Crippen molar-refractivity contribution in [1.82, 2.24) is 14.5 Å². The van der Waals surface area contributed by atoms with Gasteiger partial charge in [0.2, 0.25) is 0 Å². The summed E-state index contributed by atoms with van der Waals surface area (Å²) in [5.41, 5.74) is -0.383. The molecule has 8 nitrogen and oxygen atoms in total. The summed E-state index contributed by atoms with van der Waals surface area (Å²) >= 11 is 0. The third-order valence-electron chi connectivity index (χ3n) is 6.79. The molecule has 1 aromatic heterocycles. The van der Waals surface area contributed by atoms with Crippen LogP contribution in [0.1, 0.15) is 115 Å². The van der Waals surface area contributed by atoms with Gasteiger partial charge in [-0.15, -0.1) is 0 Å². The average molecular weight is 606 g/mol. The molecule has 0 spiro atoms. The van der Waals surface area contributed by atoms with Crippen molar-refractivity contribution in [3.63, 3.8) is 0 Å². The molecule has 0 amide bonds. The van der Waals surface area contributed by atoms with Crippen LogP contribution in [-0.4, -0.2) is 51.7 Å². The molecule has 11 heteroatoms. The highest BCUT2D eigenvalue weighted by Crippen LogP contribution is 2.51. The summed E-state index contributed by atoms with van der Waals surface area (Å²) in [4.78, 5) is 19.7. The number of aromatic nitrogens is 3. The Bertz CT molecular complexity index is 849. The van der Waals surface area contributed by atoms with E-state index in [0.29, 0.717) is 12.4 Å². The van der Waals surface area contributed by atoms with Crippen LogP contribution in [0.2, 0.25) is 0 Å². The van der Waals surface area contributed by atoms with Crippen LogP contribution in [0.25, 0.3) is 0 Å². The Morgan fingerprint density at radius 2 is 1.49 bits per heavy atom. The second-order valence-electron chi connectivity index (χ2n) is 10.4. The molecule has 1 aliphatic rings. The summed E-state index contributed by atoms with van der Waals surface area (Å²) in [5.74, 6) is 2.72. The van der Waals surface area contributed by atoms with Crippen LogP contribution in [0.15, 0.2) is 11.1 Å². The predicted octanol–water partition coefficient (Wildman–Crippen LogP) is 8.17. The van der Waals surface area contributed by atoms with E-state index in [-0.39, 0.29) is 31.3 Å². The molecule has 0 aromatic carbocycles. The first-order valence-corrected chi connectivity index (χ1v) is 19.4. The highest BCUT2D eigenvalue weighted by atomic mass is 33.1. The Morgan fingerprint density at radius 3 is 2.03 bits per heavy atom. The van der Waals surface area contributed by atoms with Gasteiger partial charge in [-0.1, -0.05) is 112 Å². The number of unbranched alkanes of at least 4 members (excludes halogenated alkanes) is 14. The lowest BCUT2D eigenvalue weighted by molar-refractivity contribution is -0.0147. The van der Waals surface area contributed by atoms with Crippen LogP contribution in [0.4, 0.5) is 0 Å². The molecule has 1 aromatic rings. The molecule has 0 N–H and O–H groups in total. The molecule has 0 radical (unpaired) electrons. The van der Waals surface area contributed by atoms with Gasteiger partial charge in [0.1, 0.15) is 24.6 Å². The summed E-state index contributed by atoms with van der Waals surface area (Å²) < 4.78 is 30.7. The van der Waals surface area contributed by atoms with Gasteiger partial charge in [-0.05, 0) is 26.2 Å². The number of nitrogens with zero attached hydrogens (tertiary/aromatic N) is 3. The van der Waals surface area contributed by atoms with Gasteiger partial charge in [0.25, 0.3) is 0 Å². The van der Waals surface area contributed by atoms with E-state index in [9.17, 15) is 9.36 Å².